The van der Waals surface area contributed by atoms with Crippen molar-refractivity contribution in [3.8, 4) is 0 Å². The van der Waals surface area contributed by atoms with Gasteiger partial charge in [0.1, 0.15) is 5.82 Å². The van der Waals surface area contributed by atoms with Gasteiger partial charge in [-0.05, 0) is 24.1 Å². The SMILES string of the molecule is Cc1c(N)c(CC(=O)O)cc2c(N)[nH]c(=O)nc12. The predicted molar refractivity (Wildman–Crippen MR) is 67.3 cm³/mol. The summed E-state index contributed by atoms with van der Waals surface area (Å²) in [5.41, 5.74) is 12.7. The Kier molecular flexibility index (Phi) is 2.66. The zero-order chi connectivity index (χ0) is 13.4. The predicted octanol–water partition coefficient (Wildman–Crippen LogP) is 0.0230. The van der Waals surface area contributed by atoms with E-state index in [1.165, 1.54) is 0 Å². The highest BCUT2D eigenvalue weighted by molar-refractivity contribution is 5.95. The van der Waals surface area contributed by atoms with E-state index in [1.807, 2.05) is 0 Å². The summed E-state index contributed by atoms with van der Waals surface area (Å²) in [6.45, 7) is 1.68. The Hall–Kier alpha value is -2.57. The van der Waals surface area contributed by atoms with Crippen LogP contribution in [-0.4, -0.2) is 21.0 Å². The Morgan fingerprint density at radius 3 is 2.78 bits per heavy atom. The van der Waals surface area contributed by atoms with Crippen molar-refractivity contribution in [2.24, 2.45) is 0 Å². The number of H-pyrrole nitrogens is 1. The Labute approximate surface area is 101 Å². The van der Waals surface area contributed by atoms with E-state index in [-0.39, 0.29) is 12.2 Å². The number of aryl methyl sites for hydroxylation is 1. The lowest BCUT2D eigenvalue weighted by Crippen LogP contribution is -2.15. The highest BCUT2D eigenvalue weighted by atomic mass is 16.4. The minimum absolute atomic E-state index is 0.153. The zero-order valence-electron chi connectivity index (χ0n) is 9.65. The van der Waals surface area contributed by atoms with Gasteiger partial charge < -0.3 is 16.6 Å². The standard InChI is InChI=1S/C11H12N4O3/c1-4-8(12)5(3-7(16)17)2-6-9(4)14-11(18)15-10(6)13/h2H,3,12H2,1H3,(H,16,17)(H3,13,14,15,18). The van der Waals surface area contributed by atoms with Crippen LogP contribution in [0, 0.1) is 6.92 Å². The van der Waals surface area contributed by atoms with Crippen molar-refractivity contribution in [2.75, 3.05) is 11.5 Å². The van der Waals surface area contributed by atoms with E-state index in [0.717, 1.165) is 0 Å². The molecule has 0 fully saturated rings. The number of carboxylic acid groups (broad SMARTS) is 1. The molecule has 6 N–H and O–H groups in total. The van der Waals surface area contributed by atoms with Crippen molar-refractivity contribution in [1.82, 2.24) is 9.97 Å². The number of nitrogens with one attached hydrogen (secondary N) is 1. The van der Waals surface area contributed by atoms with E-state index < -0.39 is 11.7 Å². The first-order valence-corrected chi connectivity index (χ1v) is 5.19. The van der Waals surface area contributed by atoms with Gasteiger partial charge in [0.15, 0.2) is 0 Å². The topological polar surface area (TPSA) is 135 Å². The van der Waals surface area contributed by atoms with Crippen molar-refractivity contribution in [3.63, 3.8) is 0 Å². The van der Waals surface area contributed by atoms with Crippen LogP contribution >= 0.6 is 0 Å². The largest absolute Gasteiger partial charge is 0.481 e. The molecule has 1 heterocycles. The van der Waals surface area contributed by atoms with Crippen LogP contribution in [0.2, 0.25) is 0 Å². The fraction of sp³-hybridized carbons (Fsp3) is 0.182. The van der Waals surface area contributed by atoms with E-state index in [1.54, 1.807) is 13.0 Å². The van der Waals surface area contributed by atoms with Gasteiger partial charge in [-0.25, -0.2) is 4.79 Å². The molecule has 7 heteroatoms. The van der Waals surface area contributed by atoms with E-state index in [0.29, 0.717) is 27.7 Å². The van der Waals surface area contributed by atoms with Crippen LogP contribution in [0.15, 0.2) is 10.9 Å². The van der Waals surface area contributed by atoms with Crippen LogP contribution in [0.25, 0.3) is 10.9 Å². The maximum Gasteiger partial charge on any atom is 0.347 e. The quantitative estimate of drug-likeness (QED) is 0.553. The number of nitrogen functional groups attached to an aromatic ring is 2. The number of nitrogens with zero attached hydrogens (tertiary/aromatic N) is 1. The molecule has 0 atom stereocenters. The number of aromatic amines is 1. The number of aliphatic carboxylic acids is 1. The number of rotatable bonds is 2. The molecular weight excluding hydrogens is 236 g/mol. The van der Waals surface area contributed by atoms with E-state index in [4.69, 9.17) is 16.6 Å². The maximum atomic E-state index is 11.2. The Bertz CT molecular complexity index is 705. The number of hydrogen-bond acceptors (Lipinski definition) is 5. The maximum absolute atomic E-state index is 11.2. The molecule has 0 saturated heterocycles. The van der Waals surface area contributed by atoms with Crippen LogP contribution in [0.5, 0.6) is 0 Å². The first-order chi connectivity index (χ1) is 8.40. The summed E-state index contributed by atoms with van der Waals surface area (Å²) in [6, 6.07) is 1.55. The molecule has 0 amide bonds. The molecule has 94 valence electrons. The Balaban J connectivity index is 2.83. The third-order valence-electron chi connectivity index (χ3n) is 2.77. The average molecular weight is 248 g/mol. The molecule has 0 saturated carbocycles. The van der Waals surface area contributed by atoms with Crippen LogP contribution in [0.3, 0.4) is 0 Å². The first-order valence-electron chi connectivity index (χ1n) is 5.19. The summed E-state index contributed by atoms with van der Waals surface area (Å²) in [5.74, 6) is -0.837. The highest BCUT2D eigenvalue weighted by Crippen LogP contribution is 2.27. The number of anilines is 2. The second kappa shape index (κ2) is 4.02. The number of nitrogens with two attached hydrogens (primary N) is 2. The molecule has 0 unspecified atom stereocenters. The molecule has 0 bridgehead atoms. The summed E-state index contributed by atoms with van der Waals surface area (Å²) in [6.07, 6.45) is -0.207. The molecular formula is C11H12N4O3. The van der Waals surface area contributed by atoms with Gasteiger partial charge in [-0.15, -0.1) is 0 Å². The number of benzene rings is 1. The van der Waals surface area contributed by atoms with Gasteiger partial charge in [-0.3, -0.25) is 9.78 Å². The third kappa shape index (κ3) is 1.86. The fourth-order valence-electron chi connectivity index (χ4n) is 1.86. The summed E-state index contributed by atoms with van der Waals surface area (Å²) in [7, 11) is 0. The van der Waals surface area contributed by atoms with Crippen molar-refractivity contribution < 1.29 is 9.90 Å². The van der Waals surface area contributed by atoms with Crippen molar-refractivity contribution >= 4 is 28.4 Å². The molecule has 2 aromatic rings. The van der Waals surface area contributed by atoms with Gasteiger partial charge in [0.25, 0.3) is 0 Å². The van der Waals surface area contributed by atoms with Gasteiger partial charge in [0.2, 0.25) is 0 Å². The molecule has 18 heavy (non-hydrogen) atoms. The van der Waals surface area contributed by atoms with Crippen LogP contribution in [0.4, 0.5) is 11.5 Å². The summed E-state index contributed by atoms with van der Waals surface area (Å²) in [4.78, 5) is 28.2. The number of fused-ring (bicyclic) bond motifs is 1. The lowest BCUT2D eigenvalue weighted by atomic mass is 10.0. The summed E-state index contributed by atoms with van der Waals surface area (Å²) >= 11 is 0. The van der Waals surface area contributed by atoms with Crippen molar-refractivity contribution in [1.29, 1.82) is 0 Å². The molecule has 0 aliphatic rings. The Morgan fingerprint density at radius 2 is 2.17 bits per heavy atom. The lowest BCUT2D eigenvalue weighted by molar-refractivity contribution is -0.136. The number of aromatic nitrogens is 2. The normalized spacial score (nSPS) is 10.7. The lowest BCUT2D eigenvalue weighted by Gasteiger charge is -2.11. The zero-order valence-corrected chi connectivity index (χ0v) is 9.65. The third-order valence-corrected chi connectivity index (χ3v) is 2.77. The molecule has 1 aromatic carbocycles. The van der Waals surface area contributed by atoms with Gasteiger partial charge in [0.05, 0.1) is 11.9 Å². The fourth-order valence-corrected chi connectivity index (χ4v) is 1.86. The number of carboxylic acids is 1. The van der Waals surface area contributed by atoms with Crippen LogP contribution in [0.1, 0.15) is 11.1 Å². The second-order valence-electron chi connectivity index (χ2n) is 4.00. The summed E-state index contributed by atoms with van der Waals surface area (Å²) < 4.78 is 0. The van der Waals surface area contributed by atoms with Gasteiger partial charge in [0, 0.05) is 11.1 Å². The number of hydrogen-bond donors (Lipinski definition) is 4. The molecule has 0 aliphatic carbocycles. The smallest absolute Gasteiger partial charge is 0.347 e. The van der Waals surface area contributed by atoms with E-state index in [9.17, 15) is 9.59 Å². The minimum Gasteiger partial charge on any atom is -0.481 e. The highest BCUT2D eigenvalue weighted by Gasteiger charge is 2.13. The van der Waals surface area contributed by atoms with Crippen LogP contribution < -0.4 is 17.2 Å². The summed E-state index contributed by atoms with van der Waals surface area (Å²) in [5, 5.41) is 9.31. The Morgan fingerprint density at radius 1 is 1.50 bits per heavy atom. The van der Waals surface area contributed by atoms with Crippen molar-refractivity contribution in [2.45, 2.75) is 13.3 Å². The molecule has 0 spiro atoms. The minimum atomic E-state index is -0.989. The average Bonchev–Trinajstić information content (AvgIpc) is 2.26. The van der Waals surface area contributed by atoms with Crippen LogP contribution in [-0.2, 0) is 11.2 Å². The first kappa shape index (κ1) is 11.9. The van der Waals surface area contributed by atoms with E-state index in [2.05, 4.69) is 9.97 Å². The van der Waals surface area contributed by atoms with E-state index >= 15 is 0 Å². The number of carbonyl (C=O) groups is 1. The molecule has 2 rings (SSSR count). The van der Waals surface area contributed by atoms with Crippen molar-refractivity contribution in [3.05, 3.63) is 27.7 Å². The molecule has 0 aliphatic heterocycles. The molecule has 1 aromatic heterocycles. The molecule has 7 nitrogen and oxygen atoms in total. The second-order valence-corrected chi connectivity index (χ2v) is 4.00. The van der Waals surface area contributed by atoms with Gasteiger partial charge in [-0.2, -0.15) is 4.98 Å². The van der Waals surface area contributed by atoms with Gasteiger partial charge in [-0.1, -0.05) is 0 Å². The monoisotopic (exact) mass is 248 g/mol. The molecule has 0 radical (unpaired) electrons. The van der Waals surface area contributed by atoms with Gasteiger partial charge >= 0.3 is 11.7 Å².